The Morgan fingerprint density at radius 3 is 1.96 bits per heavy atom. The van der Waals surface area contributed by atoms with Crippen LogP contribution in [0.4, 0.5) is 13.2 Å². The average molecular weight is 343 g/mol. The highest BCUT2D eigenvalue weighted by Crippen LogP contribution is 2.29. The van der Waals surface area contributed by atoms with Gasteiger partial charge in [0, 0.05) is 6.54 Å². The molecule has 0 aliphatic rings. The fourth-order valence-corrected chi connectivity index (χ4v) is 3.27. The standard InChI is InChI=1S/C16H16F3NO2S/c1-11-7-12(2)9-13(8-11)10-20-23(21,22)15-5-3-14(4-6-15)16(17,18)19/h3-9,20H,10H2,1-2H3. The van der Waals surface area contributed by atoms with Gasteiger partial charge >= 0.3 is 6.18 Å². The second kappa shape index (κ2) is 6.33. The number of hydrogen-bond donors (Lipinski definition) is 1. The van der Waals surface area contributed by atoms with Gasteiger partial charge in [-0.2, -0.15) is 13.2 Å². The minimum atomic E-state index is -4.49. The van der Waals surface area contributed by atoms with Gasteiger partial charge in [0.05, 0.1) is 10.5 Å². The normalized spacial score (nSPS) is 12.4. The molecule has 0 radical (unpaired) electrons. The summed E-state index contributed by atoms with van der Waals surface area (Å²) in [6.07, 6.45) is -4.49. The van der Waals surface area contributed by atoms with E-state index >= 15 is 0 Å². The summed E-state index contributed by atoms with van der Waals surface area (Å²) in [7, 11) is -3.86. The lowest BCUT2D eigenvalue weighted by Crippen LogP contribution is -2.23. The van der Waals surface area contributed by atoms with Crippen molar-refractivity contribution < 1.29 is 21.6 Å². The molecule has 0 aromatic heterocycles. The van der Waals surface area contributed by atoms with Crippen LogP contribution in [0.1, 0.15) is 22.3 Å². The third-order valence-electron chi connectivity index (χ3n) is 3.24. The van der Waals surface area contributed by atoms with Gasteiger partial charge in [-0.05, 0) is 43.7 Å². The van der Waals surface area contributed by atoms with Crippen LogP contribution in [0.15, 0.2) is 47.4 Å². The maximum atomic E-state index is 12.5. The number of rotatable bonds is 4. The van der Waals surface area contributed by atoms with Crippen molar-refractivity contribution in [3.8, 4) is 0 Å². The van der Waals surface area contributed by atoms with E-state index in [1.165, 1.54) is 0 Å². The highest BCUT2D eigenvalue weighted by molar-refractivity contribution is 7.89. The number of halogens is 3. The van der Waals surface area contributed by atoms with Crippen molar-refractivity contribution >= 4 is 10.0 Å². The molecular formula is C16H16F3NO2S. The van der Waals surface area contributed by atoms with Crippen LogP contribution in [0.25, 0.3) is 0 Å². The molecule has 7 heteroatoms. The molecular weight excluding hydrogens is 327 g/mol. The third-order valence-corrected chi connectivity index (χ3v) is 4.66. The SMILES string of the molecule is Cc1cc(C)cc(CNS(=O)(=O)c2ccc(C(F)(F)F)cc2)c1. The van der Waals surface area contributed by atoms with Gasteiger partial charge in [-0.3, -0.25) is 0 Å². The monoisotopic (exact) mass is 343 g/mol. The van der Waals surface area contributed by atoms with Crippen LogP contribution in [0.5, 0.6) is 0 Å². The van der Waals surface area contributed by atoms with Crippen molar-refractivity contribution in [2.45, 2.75) is 31.5 Å². The fourth-order valence-electron chi connectivity index (χ4n) is 2.26. The summed E-state index contributed by atoms with van der Waals surface area (Å²) in [5.74, 6) is 0. The Labute approximate surface area is 133 Å². The summed E-state index contributed by atoms with van der Waals surface area (Å²) in [5, 5.41) is 0. The molecule has 0 unspecified atom stereocenters. The Hall–Kier alpha value is -1.86. The maximum absolute atomic E-state index is 12.5. The number of nitrogens with one attached hydrogen (secondary N) is 1. The molecule has 0 heterocycles. The van der Waals surface area contributed by atoms with E-state index in [1.54, 1.807) is 0 Å². The van der Waals surface area contributed by atoms with Crippen LogP contribution in [0.2, 0.25) is 0 Å². The Bertz CT molecular complexity index is 777. The van der Waals surface area contributed by atoms with Gasteiger partial charge in [-0.25, -0.2) is 13.1 Å². The first-order chi connectivity index (χ1) is 10.6. The van der Waals surface area contributed by atoms with Crippen molar-refractivity contribution in [1.82, 2.24) is 4.72 Å². The zero-order chi connectivity index (χ0) is 17.3. The molecule has 0 fully saturated rings. The van der Waals surface area contributed by atoms with Crippen molar-refractivity contribution in [1.29, 1.82) is 0 Å². The third kappa shape index (κ3) is 4.56. The molecule has 0 atom stereocenters. The average Bonchev–Trinajstić information content (AvgIpc) is 2.43. The summed E-state index contributed by atoms with van der Waals surface area (Å²) in [6, 6.07) is 9.08. The van der Waals surface area contributed by atoms with E-state index in [0.29, 0.717) is 0 Å². The van der Waals surface area contributed by atoms with Crippen LogP contribution >= 0.6 is 0 Å². The number of aryl methyl sites for hydroxylation is 2. The first kappa shape index (κ1) is 17.5. The molecule has 0 spiro atoms. The molecule has 0 saturated heterocycles. The topological polar surface area (TPSA) is 46.2 Å². The predicted octanol–water partition coefficient (Wildman–Crippen LogP) is 3.80. The summed E-state index contributed by atoms with van der Waals surface area (Å²) in [5.41, 5.74) is 1.92. The molecule has 23 heavy (non-hydrogen) atoms. The van der Waals surface area contributed by atoms with E-state index in [-0.39, 0.29) is 11.4 Å². The highest BCUT2D eigenvalue weighted by Gasteiger charge is 2.30. The first-order valence-electron chi connectivity index (χ1n) is 6.82. The van der Waals surface area contributed by atoms with Gasteiger partial charge in [-0.15, -0.1) is 0 Å². The number of hydrogen-bond acceptors (Lipinski definition) is 2. The Kier molecular flexibility index (Phi) is 4.81. The lowest BCUT2D eigenvalue weighted by Gasteiger charge is -2.10. The van der Waals surface area contributed by atoms with E-state index < -0.39 is 21.8 Å². The summed E-state index contributed by atoms with van der Waals surface area (Å²) in [6.45, 7) is 3.88. The lowest BCUT2D eigenvalue weighted by atomic mass is 10.1. The van der Waals surface area contributed by atoms with Crippen molar-refractivity contribution in [3.63, 3.8) is 0 Å². The van der Waals surface area contributed by atoms with E-state index in [1.807, 2.05) is 32.0 Å². The lowest BCUT2D eigenvalue weighted by molar-refractivity contribution is -0.137. The van der Waals surface area contributed by atoms with Crippen molar-refractivity contribution in [3.05, 3.63) is 64.7 Å². The van der Waals surface area contributed by atoms with Crippen LogP contribution < -0.4 is 4.72 Å². The van der Waals surface area contributed by atoms with Crippen LogP contribution in [0.3, 0.4) is 0 Å². The van der Waals surface area contributed by atoms with E-state index in [4.69, 9.17) is 0 Å². The Morgan fingerprint density at radius 2 is 1.48 bits per heavy atom. The van der Waals surface area contributed by atoms with Crippen molar-refractivity contribution in [2.24, 2.45) is 0 Å². The van der Waals surface area contributed by atoms with Gasteiger partial charge in [0.15, 0.2) is 0 Å². The molecule has 2 aromatic rings. The molecule has 124 valence electrons. The molecule has 0 amide bonds. The molecule has 0 aliphatic heterocycles. The van der Waals surface area contributed by atoms with E-state index in [2.05, 4.69) is 4.72 Å². The van der Waals surface area contributed by atoms with Gasteiger partial charge in [0.2, 0.25) is 10.0 Å². The number of alkyl halides is 3. The summed E-state index contributed by atoms with van der Waals surface area (Å²) < 4.78 is 64.2. The largest absolute Gasteiger partial charge is 0.416 e. The molecule has 3 nitrogen and oxygen atoms in total. The molecule has 0 saturated carbocycles. The number of benzene rings is 2. The zero-order valence-electron chi connectivity index (χ0n) is 12.6. The van der Waals surface area contributed by atoms with Gasteiger partial charge in [0.1, 0.15) is 0 Å². The minimum absolute atomic E-state index is 0.0753. The quantitative estimate of drug-likeness (QED) is 0.918. The van der Waals surface area contributed by atoms with Crippen LogP contribution in [-0.4, -0.2) is 8.42 Å². The van der Waals surface area contributed by atoms with Crippen molar-refractivity contribution in [2.75, 3.05) is 0 Å². The van der Waals surface area contributed by atoms with Crippen LogP contribution in [0, 0.1) is 13.8 Å². The zero-order valence-corrected chi connectivity index (χ0v) is 13.4. The molecule has 0 bridgehead atoms. The smallest absolute Gasteiger partial charge is 0.207 e. The second-order valence-corrected chi connectivity index (χ2v) is 7.11. The van der Waals surface area contributed by atoms with E-state index in [0.717, 1.165) is 41.0 Å². The minimum Gasteiger partial charge on any atom is -0.207 e. The maximum Gasteiger partial charge on any atom is 0.416 e. The Balaban J connectivity index is 2.15. The summed E-state index contributed by atoms with van der Waals surface area (Å²) >= 11 is 0. The Morgan fingerprint density at radius 1 is 0.957 bits per heavy atom. The van der Waals surface area contributed by atoms with E-state index in [9.17, 15) is 21.6 Å². The summed E-state index contributed by atoms with van der Waals surface area (Å²) in [4.78, 5) is -0.199. The van der Waals surface area contributed by atoms with Crippen LogP contribution in [-0.2, 0) is 22.7 Å². The molecule has 0 aliphatic carbocycles. The fraction of sp³-hybridized carbons (Fsp3) is 0.250. The second-order valence-electron chi connectivity index (χ2n) is 5.34. The molecule has 2 rings (SSSR count). The first-order valence-corrected chi connectivity index (χ1v) is 8.30. The number of sulfonamides is 1. The molecule has 1 N–H and O–H groups in total. The van der Waals surface area contributed by atoms with Gasteiger partial charge in [0.25, 0.3) is 0 Å². The predicted molar refractivity (Wildman–Crippen MR) is 81.4 cm³/mol. The van der Waals surface area contributed by atoms with Gasteiger partial charge in [-0.1, -0.05) is 29.3 Å². The highest BCUT2D eigenvalue weighted by atomic mass is 32.2. The van der Waals surface area contributed by atoms with Gasteiger partial charge < -0.3 is 0 Å². The molecule has 2 aromatic carbocycles.